The number of piperazine rings is 1. The van der Waals surface area contributed by atoms with E-state index in [1.807, 2.05) is 6.92 Å². The second kappa shape index (κ2) is 6.53. The van der Waals surface area contributed by atoms with Gasteiger partial charge in [-0.05, 0) is 19.8 Å². The molecule has 18 heavy (non-hydrogen) atoms. The van der Waals surface area contributed by atoms with Gasteiger partial charge in [0, 0.05) is 32.2 Å². The Morgan fingerprint density at radius 1 is 1.11 bits per heavy atom. The highest BCUT2D eigenvalue weighted by Crippen LogP contribution is 2.23. The lowest BCUT2D eigenvalue weighted by atomic mass is 9.94. The number of ether oxygens (including phenoxy) is 1. The summed E-state index contributed by atoms with van der Waals surface area (Å²) >= 11 is 0. The lowest BCUT2D eigenvalue weighted by Crippen LogP contribution is -2.54. The first kappa shape index (κ1) is 13.8. The molecule has 1 aliphatic heterocycles. The summed E-state index contributed by atoms with van der Waals surface area (Å²) in [4.78, 5) is 16.4. The first-order valence-corrected chi connectivity index (χ1v) is 7.28. The molecule has 0 N–H and O–H groups in total. The van der Waals surface area contributed by atoms with Crippen molar-refractivity contribution in [1.82, 2.24) is 9.80 Å². The van der Waals surface area contributed by atoms with Gasteiger partial charge >= 0.3 is 5.97 Å². The topological polar surface area (TPSA) is 32.8 Å². The lowest BCUT2D eigenvalue weighted by molar-refractivity contribution is -0.147. The summed E-state index contributed by atoms with van der Waals surface area (Å²) in [6.45, 7) is 6.14. The van der Waals surface area contributed by atoms with Gasteiger partial charge in [0.15, 0.2) is 0 Å². The molecule has 0 aromatic rings. The normalized spacial score (nSPS) is 25.9. The zero-order valence-electron chi connectivity index (χ0n) is 11.7. The fraction of sp³-hybridized carbons (Fsp3) is 0.929. The van der Waals surface area contributed by atoms with Crippen molar-refractivity contribution in [2.24, 2.45) is 0 Å². The zero-order valence-corrected chi connectivity index (χ0v) is 11.7. The second-order valence-electron chi connectivity index (χ2n) is 5.56. The highest BCUT2D eigenvalue weighted by atomic mass is 16.5. The van der Waals surface area contributed by atoms with E-state index < -0.39 is 0 Å². The van der Waals surface area contributed by atoms with E-state index in [-0.39, 0.29) is 12.0 Å². The third-order valence-electron chi connectivity index (χ3n) is 4.53. The SMILES string of the molecule is COC(=O)[C@H](C)N1CCN(C2CCCCC2)CC1. The van der Waals surface area contributed by atoms with Crippen LogP contribution in [-0.4, -0.2) is 61.1 Å². The molecule has 0 bridgehead atoms. The number of esters is 1. The van der Waals surface area contributed by atoms with E-state index >= 15 is 0 Å². The molecule has 0 aromatic heterocycles. The molecule has 0 radical (unpaired) electrons. The molecule has 1 saturated heterocycles. The molecule has 1 saturated carbocycles. The van der Waals surface area contributed by atoms with Crippen molar-refractivity contribution in [2.75, 3.05) is 33.3 Å². The number of hydrogen-bond acceptors (Lipinski definition) is 4. The van der Waals surface area contributed by atoms with Crippen molar-refractivity contribution in [3.8, 4) is 0 Å². The number of carbonyl (C=O) groups is 1. The van der Waals surface area contributed by atoms with E-state index in [9.17, 15) is 4.79 Å². The van der Waals surface area contributed by atoms with Gasteiger partial charge in [-0.2, -0.15) is 0 Å². The average molecular weight is 254 g/mol. The molecule has 2 fully saturated rings. The monoisotopic (exact) mass is 254 g/mol. The molecule has 4 nitrogen and oxygen atoms in total. The summed E-state index contributed by atoms with van der Waals surface area (Å²) in [5, 5.41) is 0. The molecule has 0 spiro atoms. The third-order valence-corrected chi connectivity index (χ3v) is 4.53. The van der Waals surface area contributed by atoms with Crippen LogP contribution in [-0.2, 0) is 9.53 Å². The minimum Gasteiger partial charge on any atom is -0.468 e. The molecule has 4 heteroatoms. The van der Waals surface area contributed by atoms with Gasteiger partial charge in [-0.3, -0.25) is 14.6 Å². The van der Waals surface area contributed by atoms with Crippen LogP contribution in [0.3, 0.4) is 0 Å². The number of rotatable bonds is 3. The van der Waals surface area contributed by atoms with Crippen LogP contribution in [0, 0.1) is 0 Å². The summed E-state index contributed by atoms with van der Waals surface area (Å²) in [5.41, 5.74) is 0. The van der Waals surface area contributed by atoms with Crippen molar-refractivity contribution in [3.05, 3.63) is 0 Å². The zero-order chi connectivity index (χ0) is 13.0. The first-order chi connectivity index (χ1) is 8.72. The summed E-state index contributed by atoms with van der Waals surface area (Å²) in [6.07, 6.45) is 6.93. The highest BCUT2D eigenvalue weighted by Gasteiger charge is 2.29. The average Bonchev–Trinajstić information content (AvgIpc) is 2.47. The second-order valence-corrected chi connectivity index (χ2v) is 5.56. The fourth-order valence-electron chi connectivity index (χ4n) is 3.26. The number of hydrogen-bond donors (Lipinski definition) is 0. The predicted octanol–water partition coefficient (Wildman–Crippen LogP) is 1.50. The van der Waals surface area contributed by atoms with Gasteiger partial charge in [-0.25, -0.2) is 0 Å². The molecular weight excluding hydrogens is 228 g/mol. The third kappa shape index (κ3) is 3.23. The van der Waals surface area contributed by atoms with Crippen LogP contribution in [0.1, 0.15) is 39.0 Å². The van der Waals surface area contributed by atoms with Gasteiger partial charge in [0.25, 0.3) is 0 Å². The van der Waals surface area contributed by atoms with Crippen molar-refractivity contribution in [1.29, 1.82) is 0 Å². The summed E-state index contributed by atoms with van der Waals surface area (Å²) in [7, 11) is 1.47. The van der Waals surface area contributed by atoms with Crippen molar-refractivity contribution >= 4 is 5.97 Å². The maximum absolute atomic E-state index is 11.5. The molecular formula is C14H26N2O2. The van der Waals surface area contributed by atoms with Crippen LogP contribution in [0.2, 0.25) is 0 Å². The van der Waals surface area contributed by atoms with Gasteiger partial charge in [0.05, 0.1) is 7.11 Å². The van der Waals surface area contributed by atoms with Crippen LogP contribution >= 0.6 is 0 Å². The minimum absolute atomic E-state index is 0.0940. The Bertz CT molecular complexity index is 269. The van der Waals surface area contributed by atoms with Crippen LogP contribution in [0.4, 0.5) is 0 Å². The van der Waals surface area contributed by atoms with E-state index in [1.54, 1.807) is 0 Å². The summed E-state index contributed by atoms with van der Waals surface area (Å²) < 4.78 is 4.81. The largest absolute Gasteiger partial charge is 0.468 e. The van der Waals surface area contributed by atoms with E-state index in [1.165, 1.54) is 39.2 Å². The van der Waals surface area contributed by atoms with Gasteiger partial charge in [-0.1, -0.05) is 19.3 Å². The van der Waals surface area contributed by atoms with Gasteiger partial charge in [0.1, 0.15) is 6.04 Å². The van der Waals surface area contributed by atoms with Crippen LogP contribution in [0.25, 0.3) is 0 Å². The van der Waals surface area contributed by atoms with Crippen LogP contribution in [0.15, 0.2) is 0 Å². The first-order valence-electron chi connectivity index (χ1n) is 7.28. The summed E-state index contributed by atoms with van der Waals surface area (Å²) in [6, 6.07) is 0.706. The molecule has 2 rings (SSSR count). The Balaban J connectivity index is 1.78. The van der Waals surface area contributed by atoms with Gasteiger partial charge < -0.3 is 4.74 Å². The van der Waals surface area contributed by atoms with E-state index in [0.29, 0.717) is 0 Å². The standard InChI is InChI=1S/C14H26N2O2/c1-12(14(17)18-2)15-8-10-16(11-9-15)13-6-4-3-5-7-13/h12-13H,3-11H2,1-2H3/t12-/m0/s1. The van der Waals surface area contributed by atoms with Crippen LogP contribution in [0.5, 0.6) is 0 Å². The van der Waals surface area contributed by atoms with Gasteiger partial charge in [-0.15, -0.1) is 0 Å². The van der Waals surface area contributed by atoms with Crippen molar-refractivity contribution in [3.63, 3.8) is 0 Å². The van der Waals surface area contributed by atoms with E-state index in [0.717, 1.165) is 32.2 Å². The molecule has 1 heterocycles. The van der Waals surface area contributed by atoms with Crippen LogP contribution < -0.4 is 0 Å². The van der Waals surface area contributed by atoms with Crippen molar-refractivity contribution < 1.29 is 9.53 Å². The Kier molecular flexibility index (Phi) is 5.01. The Morgan fingerprint density at radius 3 is 2.28 bits per heavy atom. The minimum atomic E-state index is -0.110. The molecule has 1 aliphatic carbocycles. The smallest absolute Gasteiger partial charge is 0.322 e. The van der Waals surface area contributed by atoms with Gasteiger partial charge in [0.2, 0.25) is 0 Å². The number of methoxy groups -OCH3 is 1. The fourth-order valence-corrected chi connectivity index (χ4v) is 3.26. The van der Waals surface area contributed by atoms with E-state index in [4.69, 9.17) is 4.74 Å². The lowest BCUT2D eigenvalue weighted by Gasteiger charge is -2.42. The number of carbonyl (C=O) groups excluding carboxylic acids is 1. The predicted molar refractivity (Wildman–Crippen MR) is 71.5 cm³/mol. The van der Waals surface area contributed by atoms with Crippen molar-refractivity contribution in [2.45, 2.75) is 51.1 Å². The maximum atomic E-state index is 11.5. The quantitative estimate of drug-likeness (QED) is 0.715. The maximum Gasteiger partial charge on any atom is 0.322 e. The number of nitrogens with zero attached hydrogens (tertiary/aromatic N) is 2. The Labute approximate surface area is 110 Å². The summed E-state index contributed by atoms with van der Waals surface area (Å²) in [5.74, 6) is -0.110. The molecule has 104 valence electrons. The molecule has 0 amide bonds. The Hall–Kier alpha value is -0.610. The molecule has 2 aliphatic rings. The molecule has 0 unspecified atom stereocenters. The Morgan fingerprint density at radius 2 is 1.72 bits per heavy atom. The highest BCUT2D eigenvalue weighted by molar-refractivity contribution is 5.75. The van der Waals surface area contributed by atoms with E-state index in [2.05, 4.69) is 9.80 Å². The molecule has 0 aromatic carbocycles. The molecule has 1 atom stereocenters.